The van der Waals surface area contributed by atoms with Gasteiger partial charge in [-0.3, -0.25) is 0 Å². The molecule has 0 saturated carbocycles. The van der Waals surface area contributed by atoms with Gasteiger partial charge in [0.2, 0.25) is 0 Å². The molecule has 20 nitrogen and oxygen atoms in total. The first-order valence-electron chi connectivity index (χ1n) is 26.9. The van der Waals surface area contributed by atoms with Crippen molar-refractivity contribution in [3.63, 3.8) is 0 Å². The fraction of sp³-hybridized carbons (Fsp3) is 0.250. The Labute approximate surface area is 483 Å². The van der Waals surface area contributed by atoms with Crippen molar-refractivity contribution in [1.29, 1.82) is 0 Å². The fourth-order valence-corrected chi connectivity index (χ4v) is 9.55. The van der Waals surface area contributed by atoms with Gasteiger partial charge < -0.3 is 66.8 Å². The van der Waals surface area contributed by atoms with Crippen molar-refractivity contribution >= 4 is 70.2 Å². The van der Waals surface area contributed by atoms with Crippen molar-refractivity contribution in [3.05, 3.63) is 120 Å². The number of hydrogen-bond donors (Lipinski definition) is 2. The fourth-order valence-electron chi connectivity index (χ4n) is 9.55. The lowest BCUT2D eigenvalue weighted by molar-refractivity contribution is -0.146. The van der Waals surface area contributed by atoms with Crippen LogP contribution in [0.3, 0.4) is 0 Å². The van der Waals surface area contributed by atoms with Gasteiger partial charge in [-0.15, -0.1) is 0 Å². The van der Waals surface area contributed by atoms with Crippen LogP contribution in [0.2, 0.25) is 0 Å². The molecule has 9 rings (SSSR count). The van der Waals surface area contributed by atoms with Crippen LogP contribution in [0.1, 0.15) is 50.5 Å². The number of esters is 4. The van der Waals surface area contributed by atoms with Crippen LogP contribution in [0.5, 0.6) is 46.0 Å². The second-order valence-corrected chi connectivity index (χ2v) is 18.3. The lowest BCUT2D eigenvalue weighted by Gasteiger charge is -2.13. The van der Waals surface area contributed by atoms with Gasteiger partial charge in [-0.1, -0.05) is 24.3 Å². The Bertz CT molecular complexity index is 3370. The van der Waals surface area contributed by atoms with E-state index in [0.29, 0.717) is 135 Å². The molecule has 0 aliphatic carbocycles. The Morgan fingerprint density at radius 1 is 0.333 bits per heavy atom. The van der Waals surface area contributed by atoms with E-state index in [9.17, 15) is 19.2 Å². The number of carbonyl (C=O) groups is 4. The maximum absolute atomic E-state index is 12.4. The summed E-state index contributed by atoms with van der Waals surface area (Å²) in [5, 5.41) is 0. The maximum Gasteiger partial charge on any atom is 0.344 e. The molecule has 4 aromatic carbocycles. The number of ether oxygens (including phenoxy) is 12. The highest BCUT2D eigenvalue weighted by molar-refractivity contribution is 6.00. The van der Waals surface area contributed by atoms with Crippen molar-refractivity contribution in [2.75, 3.05) is 81.3 Å². The molecule has 0 unspecified atom stereocenters. The number of carbonyl (C=O) groups excluding carboxylic acids is 4. The minimum Gasteiger partial charge on any atom is -0.493 e. The lowest BCUT2D eigenvalue weighted by Crippen LogP contribution is -2.14. The first-order chi connectivity index (χ1) is 40.9. The summed E-state index contributed by atoms with van der Waals surface area (Å²) in [5.74, 6) is 0.544. The number of benzene rings is 4. The Kier molecular flexibility index (Phi) is 18.8. The number of fused-ring (bicyclic) bond motifs is 8. The summed E-state index contributed by atoms with van der Waals surface area (Å²) in [7, 11) is 6.06. The van der Waals surface area contributed by atoms with Crippen LogP contribution in [0, 0.1) is 0 Å². The summed E-state index contributed by atoms with van der Waals surface area (Å²) < 4.78 is 67.6. The molecule has 2 N–H and O–H groups in total. The van der Waals surface area contributed by atoms with Crippen LogP contribution in [0.25, 0.3) is 90.9 Å². The van der Waals surface area contributed by atoms with E-state index in [1.54, 1.807) is 52.0 Å². The van der Waals surface area contributed by atoms with Gasteiger partial charge in [0.1, 0.15) is 0 Å². The molecule has 434 valence electrons. The van der Waals surface area contributed by atoms with E-state index in [1.807, 2.05) is 97.1 Å². The number of rotatable bonds is 24. The second-order valence-electron chi connectivity index (χ2n) is 18.3. The van der Waals surface area contributed by atoms with Crippen molar-refractivity contribution < 1.29 is 76.0 Å². The summed E-state index contributed by atoms with van der Waals surface area (Å²) in [4.78, 5) is 67.9. The Morgan fingerprint density at radius 3 is 0.762 bits per heavy atom. The van der Waals surface area contributed by atoms with E-state index < -0.39 is 23.9 Å². The second kappa shape index (κ2) is 27.0. The van der Waals surface area contributed by atoms with E-state index in [-0.39, 0.29) is 52.9 Å². The minimum atomic E-state index is -0.530. The van der Waals surface area contributed by atoms with Gasteiger partial charge in [0.05, 0.1) is 77.6 Å². The molecule has 20 heteroatoms. The number of aromatic amines is 2. The van der Waals surface area contributed by atoms with E-state index in [1.165, 1.54) is 28.4 Å². The first kappa shape index (κ1) is 58.4. The largest absolute Gasteiger partial charge is 0.493 e. The SMILES string of the molecule is CCOC(=O)COc1ccc(-c2c3nc(c(-c4ccc(OCC(=O)OCC)c(OC)c4)c4ccc([nH]4)c(-c4ccc(OCC(=O)OCC)c(OC)c4)c4nc(c(-c5ccc(OCC(=O)OCC)c(OC)c5)c5ccc2[nH]5)C=C4)C=C3)cc1OC. The summed E-state index contributed by atoms with van der Waals surface area (Å²) in [6, 6.07) is 29.4. The molecule has 3 aromatic heterocycles. The molecule has 0 radical (unpaired) electrons. The molecule has 0 fully saturated rings. The number of H-pyrrole nitrogens is 2. The zero-order valence-electron chi connectivity index (χ0n) is 47.6. The van der Waals surface area contributed by atoms with Gasteiger partial charge in [-0.2, -0.15) is 0 Å². The van der Waals surface area contributed by atoms with Crippen LogP contribution in [0.15, 0.2) is 97.1 Å². The van der Waals surface area contributed by atoms with Gasteiger partial charge >= 0.3 is 23.9 Å². The summed E-state index contributed by atoms with van der Waals surface area (Å²) in [6.45, 7) is 6.36. The smallest absolute Gasteiger partial charge is 0.344 e. The van der Waals surface area contributed by atoms with Gasteiger partial charge in [-0.05, 0) is 147 Å². The van der Waals surface area contributed by atoms with E-state index in [4.69, 9.17) is 66.8 Å². The highest BCUT2D eigenvalue weighted by atomic mass is 16.6. The Hall–Kier alpha value is -10.2. The molecule has 0 saturated heterocycles. The molecule has 7 aromatic rings. The van der Waals surface area contributed by atoms with Crippen LogP contribution >= 0.6 is 0 Å². The first-order valence-corrected chi connectivity index (χ1v) is 26.9. The van der Waals surface area contributed by atoms with Crippen molar-refractivity contribution in [2.45, 2.75) is 27.7 Å². The molecular formula is C64H62N4O16. The van der Waals surface area contributed by atoms with E-state index in [0.717, 1.165) is 0 Å². The molecule has 0 spiro atoms. The zero-order chi connectivity index (χ0) is 59.3. The number of methoxy groups -OCH3 is 4. The van der Waals surface area contributed by atoms with Crippen molar-refractivity contribution in [3.8, 4) is 90.5 Å². The number of aromatic nitrogens is 4. The van der Waals surface area contributed by atoms with Gasteiger partial charge in [-0.25, -0.2) is 29.1 Å². The summed E-state index contributed by atoms with van der Waals surface area (Å²) >= 11 is 0. The van der Waals surface area contributed by atoms with Crippen molar-refractivity contribution in [2.24, 2.45) is 0 Å². The molecule has 8 bridgehead atoms. The Morgan fingerprint density at radius 2 is 0.560 bits per heavy atom. The molecule has 2 aliphatic rings. The third kappa shape index (κ3) is 13.1. The number of hydrogen-bond acceptors (Lipinski definition) is 18. The minimum absolute atomic E-state index is 0.201. The Balaban J connectivity index is 1.36. The molecule has 84 heavy (non-hydrogen) atoms. The van der Waals surface area contributed by atoms with Gasteiger partial charge in [0.25, 0.3) is 0 Å². The topological polar surface area (TPSA) is 236 Å². The molecular weight excluding hydrogens is 1080 g/mol. The third-order valence-electron chi connectivity index (χ3n) is 13.2. The third-order valence-corrected chi connectivity index (χ3v) is 13.2. The number of nitrogens with zero attached hydrogens (tertiary/aromatic N) is 2. The van der Waals surface area contributed by atoms with Gasteiger partial charge in [0, 0.05) is 44.3 Å². The molecule has 2 aliphatic heterocycles. The highest BCUT2D eigenvalue weighted by Gasteiger charge is 2.23. The zero-order valence-corrected chi connectivity index (χ0v) is 47.6. The van der Waals surface area contributed by atoms with Crippen LogP contribution in [-0.2, 0) is 38.1 Å². The average Bonchev–Trinajstić information content (AvgIpc) is 3.83. The lowest BCUT2D eigenvalue weighted by atomic mass is 10.0. The van der Waals surface area contributed by atoms with Crippen LogP contribution < -0.4 is 37.9 Å². The van der Waals surface area contributed by atoms with Crippen molar-refractivity contribution in [1.82, 2.24) is 19.9 Å². The highest BCUT2D eigenvalue weighted by Crippen LogP contribution is 2.44. The van der Waals surface area contributed by atoms with E-state index >= 15 is 0 Å². The molecule has 0 atom stereocenters. The monoisotopic (exact) mass is 1140 g/mol. The molecule has 5 heterocycles. The van der Waals surface area contributed by atoms with Gasteiger partial charge in [0.15, 0.2) is 72.4 Å². The summed E-state index contributed by atoms with van der Waals surface area (Å²) in [6.07, 6.45) is 7.68. The normalized spacial score (nSPS) is 11.3. The van der Waals surface area contributed by atoms with Crippen LogP contribution in [0.4, 0.5) is 0 Å². The number of nitrogens with one attached hydrogen (secondary N) is 2. The molecule has 0 amide bonds. The average molecular weight is 1140 g/mol. The maximum atomic E-state index is 12.4. The predicted molar refractivity (Wildman–Crippen MR) is 315 cm³/mol. The van der Waals surface area contributed by atoms with Crippen LogP contribution in [-0.4, -0.2) is 125 Å². The van der Waals surface area contributed by atoms with E-state index in [2.05, 4.69) is 9.97 Å². The predicted octanol–water partition coefficient (Wildman–Crippen LogP) is 11.1. The summed E-state index contributed by atoms with van der Waals surface area (Å²) in [5.41, 5.74) is 10.2. The standard InChI is InChI=1S/C64H62N4O16/c1-9-77-57(69)33-81-49-25-13-37(29-53(49)73-5)61-41-17-19-43(65-41)62(38-14-26-50(54(30-38)74-6)82-34-58(70)78-10-2)45-21-23-47(67-45)64(40-16-28-52(56(32-40)76-8)84-36-60(72)80-12-4)48-24-22-46(68-48)63(44-20-18-42(61)66-44)39-15-27-51(55(31-39)75-7)83-35-59(71)79-11-3/h13-32,65,68H,9-12,33-36H2,1-8H3. The quantitative estimate of drug-likeness (QED) is 0.0422.